The van der Waals surface area contributed by atoms with Gasteiger partial charge in [0.1, 0.15) is 0 Å². The summed E-state index contributed by atoms with van der Waals surface area (Å²) in [5, 5.41) is 3.12. The molecule has 2 aromatic rings. The monoisotopic (exact) mass is 282 g/mol. The van der Waals surface area contributed by atoms with E-state index in [4.69, 9.17) is 5.73 Å². The smallest absolute Gasteiger partial charge is 0.251 e. The molecule has 3 N–H and O–H groups in total. The molecule has 0 saturated carbocycles. The highest BCUT2D eigenvalue weighted by Gasteiger charge is 2.20. The van der Waals surface area contributed by atoms with E-state index in [-0.39, 0.29) is 11.9 Å². The number of carbonyl (C=O) groups excluding carboxylic acids is 1. The van der Waals surface area contributed by atoms with Crippen molar-refractivity contribution in [3.8, 4) is 0 Å². The third-order valence-corrected chi connectivity index (χ3v) is 3.63. The molecule has 1 unspecified atom stereocenters. The largest absolute Gasteiger partial charge is 0.399 e. The van der Waals surface area contributed by atoms with Gasteiger partial charge in [0.05, 0.1) is 6.04 Å². The fraction of sp³-hybridized carbons (Fsp3) is 0.278. The Balaban J connectivity index is 2.25. The molecule has 0 heterocycles. The Labute approximate surface area is 126 Å². The van der Waals surface area contributed by atoms with E-state index in [2.05, 4.69) is 38.2 Å². The molecule has 0 aromatic heterocycles. The first-order valence-electron chi connectivity index (χ1n) is 7.21. The number of anilines is 1. The molecule has 1 atom stereocenters. The minimum absolute atomic E-state index is 0.0138. The van der Waals surface area contributed by atoms with Gasteiger partial charge in [-0.15, -0.1) is 0 Å². The third-order valence-electron chi connectivity index (χ3n) is 3.63. The maximum atomic E-state index is 12.4. The van der Waals surface area contributed by atoms with Crippen LogP contribution in [0.25, 0.3) is 0 Å². The van der Waals surface area contributed by atoms with Crippen LogP contribution in [0.4, 0.5) is 5.69 Å². The zero-order valence-corrected chi connectivity index (χ0v) is 12.8. The summed E-state index contributed by atoms with van der Waals surface area (Å²) < 4.78 is 0. The summed E-state index contributed by atoms with van der Waals surface area (Å²) in [7, 11) is 0. The Morgan fingerprint density at radius 3 is 2.43 bits per heavy atom. The van der Waals surface area contributed by atoms with Crippen molar-refractivity contribution in [2.45, 2.75) is 26.8 Å². The van der Waals surface area contributed by atoms with Crippen LogP contribution in [0.15, 0.2) is 48.5 Å². The van der Waals surface area contributed by atoms with Gasteiger partial charge in [0, 0.05) is 11.3 Å². The van der Waals surface area contributed by atoms with Crippen molar-refractivity contribution < 1.29 is 4.79 Å². The number of rotatable bonds is 4. The number of amides is 1. The van der Waals surface area contributed by atoms with Gasteiger partial charge in [-0.25, -0.2) is 0 Å². The molecule has 0 saturated heterocycles. The topological polar surface area (TPSA) is 55.1 Å². The second-order valence-corrected chi connectivity index (χ2v) is 5.68. The Bertz CT molecular complexity index is 635. The van der Waals surface area contributed by atoms with Crippen LogP contribution >= 0.6 is 0 Å². The van der Waals surface area contributed by atoms with Crippen molar-refractivity contribution in [2.75, 3.05) is 5.73 Å². The van der Waals surface area contributed by atoms with Gasteiger partial charge in [0.25, 0.3) is 5.91 Å². The van der Waals surface area contributed by atoms with Crippen molar-refractivity contribution in [1.82, 2.24) is 5.32 Å². The summed E-state index contributed by atoms with van der Waals surface area (Å²) in [6.45, 7) is 6.28. The Kier molecular flexibility index (Phi) is 4.63. The van der Waals surface area contributed by atoms with Crippen molar-refractivity contribution >= 4 is 11.6 Å². The maximum absolute atomic E-state index is 12.4. The molecule has 0 aliphatic carbocycles. The summed E-state index contributed by atoms with van der Waals surface area (Å²) in [5.74, 6) is 0.209. The summed E-state index contributed by atoms with van der Waals surface area (Å²) in [5.41, 5.74) is 9.27. The minimum Gasteiger partial charge on any atom is -0.399 e. The average molecular weight is 282 g/mol. The van der Waals surface area contributed by atoms with E-state index in [1.54, 1.807) is 24.3 Å². The first-order chi connectivity index (χ1) is 9.99. The molecule has 1 amide bonds. The van der Waals surface area contributed by atoms with Gasteiger partial charge in [-0.05, 0) is 42.2 Å². The Morgan fingerprint density at radius 1 is 1.10 bits per heavy atom. The first-order valence-corrected chi connectivity index (χ1v) is 7.21. The Morgan fingerprint density at radius 2 is 1.81 bits per heavy atom. The van der Waals surface area contributed by atoms with E-state index in [0.717, 1.165) is 5.56 Å². The number of hydrogen-bond donors (Lipinski definition) is 2. The lowest BCUT2D eigenvalue weighted by Gasteiger charge is -2.24. The van der Waals surface area contributed by atoms with Crippen molar-refractivity contribution in [1.29, 1.82) is 0 Å². The molecule has 0 radical (unpaired) electrons. The van der Waals surface area contributed by atoms with Gasteiger partial charge in [0.2, 0.25) is 0 Å². The summed E-state index contributed by atoms with van der Waals surface area (Å²) in [6, 6.07) is 15.2. The highest BCUT2D eigenvalue weighted by atomic mass is 16.1. The lowest BCUT2D eigenvalue weighted by atomic mass is 9.92. The standard InChI is InChI=1S/C18H22N2O/c1-12(2)17(16-10-5-4-7-13(16)3)20-18(21)14-8-6-9-15(19)11-14/h4-12,17H,19H2,1-3H3,(H,20,21). The molecule has 2 aromatic carbocycles. The van der Waals surface area contributed by atoms with Crippen LogP contribution in [0.2, 0.25) is 0 Å². The fourth-order valence-corrected chi connectivity index (χ4v) is 2.44. The number of hydrogen-bond acceptors (Lipinski definition) is 2. The van der Waals surface area contributed by atoms with Crippen LogP contribution in [-0.2, 0) is 0 Å². The quantitative estimate of drug-likeness (QED) is 0.840. The lowest BCUT2D eigenvalue weighted by Crippen LogP contribution is -2.32. The van der Waals surface area contributed by atoms with Crippen LogP contribution in [0, 0.1) is 12.8 Å². The predicted octanol–water partition coefficient (Wildman–Crippen LogP) is 3.70. The summed E-state index contributed by atoms with van der Waals surface area (Å²) in [4.78, 5) is 12.4. The molecule has 0 aliphatic heterocycles. The van der Waals surface area contributed by atoms with Crippen LogP contribution in [0.3, 0.4) is 0 Å². The molecule has 0 bridgehead atoms. The fourth-order valence-electron chi connectivity index (χ4n) is 2.44. The molecule has 0 aliphatic rings. The van der Waals surface area contributed by atoms with E-state index in [1.807, 2.05) is 12.1 Å². The zero-order chi connectivity index (χ0) is 15.4. The van der Waals surface area contributed by atoms with Gasteiger partial charge in [-0.1, -0.05) is 44.2 Å². The third kappa shape index (κ3) is 3.63. The van der Waals surface area contributed by atoms with E-state index < -0.39 is 0 Å². The minimum atomic E-state index is -0.0933. The maximum Gasteiger partial charge on any atom is 0.251 e. The van der Waals surface area contributed by atoms with Gasteiger partial charge in [-0.3, -0.25) is 4.79 Å². The average Bonchev–Trinajstić information content (AvgIpc) is 2.45. The Hall–Kier alpha value is -2.29. The van der Waals surface area contributed by atoms with E-state index >= 15 is 0 Å². The zero-order valence-electron chi connectivity index (χ0n) is 12.8. The summed E-state index contributed by atoms with van der Waals surface area (Å²) >= 11 is 0. The van der Waals surface area contributed by atoms with E-state index in [9.17, 15) is 4.79 Å². The number of nitrogens with one attached hydrogen (secondary N) is 1. The van der Waals surface area contributed by atoms with Crippen LogP contribution < -0.4 is 11.1 Å². The van der Waals surface area contributed by atoms with Crippen LogP contribution in [-0.4, -0.2) is 5.91 Å². The molecule has 0 fully saturated rings. The molecule has 3 nitrogen and oxygen atoms in total. The lowest BCUT2D eigenvalue weighted by molar-refractivity contribution is 0.0925. The van der Waals surface area contributed by atoms with Crippen molar-refractivity contribution in [3.63, 3.8) is 0 Å². The highest BCUT2D eigenvalue weighted by molar-refractivity contribution is 5.95. The van der Waals surface area contributed by atoms with Gasteiger partial charge >= 0.3 is 0 Å². The number of aryl methyl sites for hydroxylation is 1. The van der Waals surface area contributed by atoms with E-state index in [1.165, 1.54) is 5.56 Å². The molecule has 3 heteroatoms. The molecule has 0 spiro atoms. The summed E-state index contributed by atoms with van der Waals surface area (Å²) in [6.07, 6.45) is 0. The SMILES string of the molecule is Cc1ccccc1C(NC(=O)c1cccc(N)c1)C(C)C. The molecule has 2 rings (SSSR count). The molecular formula is C18H22N2O. The molecule has 110 valence electrons. The number of carbonyl (C=O) groups is 1. The van der Waals surface area contributed by atoms with Crippen LogP contribution in [0.1, 0.15) is 41.4 Å². The second kappa shape index (κ2) is 6.44. The predicted molar refractivity (Wildman–Crippen MR) is 87.1 cm³/mol. The first kappa shape index (κ1) is 15.1. The van der Waals surface area contributed by atoms with Crippen molar-refractivity contribution in [2.24, 2.45) is 5.92 Å². The van der Waals surface area contributed by atoms with Crippen molar-refractivity contribution in [3.05, 3.63) is 65.2 Å². The van der Waals surface area contributed by atoms with E-state index in [0.29, 0.717) is 17.2 Å². The number of nitrogen functional groups attached to an aromatic ring is 1. The highest BCUT2D eigenvalue weighted by Crippen LogP contribution is 2.25. The van der Waals surface area contributed by atoms with Gasteiger partial charge in [-0.2, -0.15) is 0 Å². The van der Waals surface area contributed by atoms with Gasteiger partial charge < -0.3 is 11.1 Å². The molecular weight excluding hydrogens is 260 g/mol. The number of nitrogens with two attached hydrogens (primary N) is 1. The molecule has 21 heavy (non-hydrogen) atoms. The normalized spacial score (nSPS) is 12.2. The van der Waals surface area contributed by atoms with Crippen LogP contribution in [0.5, 0.6) is 0 Å². The number of benzene rings is 2. The second-order valence-electron chi connectivity index (χ2n) is 5.68. The van der Waals surface area contributed by atoms with Gasteiger partial charge in [0.15, 0.2) is 0 Å².